The minimum atomic E-state index is 0.634. The standard InChI is InChI=1S/C58H34Cl2N2/c59-48-29-32-52(62(43-15-5-2-6-16-43)51-31-25-40-20-18-36-10-8-12-38-22-27-46(51)56(40)54(36)38)47-28-23-41-33-44(34-49(60)57(41)58(47)48)61(42-13-3-1-4-14-42)50-30-24-39-19-17-35-9-7-11-37-21-26-45(50)55(39)53(35)37/h1-34H. The molecule has 0 unspecified atom stereocenters. The van der Waals surface area contributed by atoms with Crippen LogP contribution in [-0.4, -0.2) is 0 Å². The predicted octanol–water partition coefficient (Wildman–Crippen LogP) is 18.0. The molecule has 290 valence electrons. The van der Waals surface area contributed by atoms with E-state index in [1.807, 2.05) is 6.07 Å². The third kappa shape index (κ3) is 5.18. The third-order valence-electron chi connectivity index (χ3n) is 13.0. The van der Waals surface area contributed by atoms with Gasteiger partial charge in [-0.3, -0.25) is 0 Å². The van der Waals surface area contributed by atoms with E-state index in [1.165, 1.54) is 64.6 Å². The Morgan fingerprint density at radius 3 is 1.18 bits per heavy atom. The van der Waals surface area contributed by atoms with Crippen molar-refractivity contribution in [3.8, 4) is 0 Å². The lowest BCUT2D eigenvalue weighted by molar-refractivity contribution is 1.30. The maximum Gasteiger partial charge on any atom is 0.0541 e. The molecule has 0 atom stereocenters. The molecule has 0 saturated carbocycles. The highest BCUT2D eigenvalue weighted by molar-refractivity contribution is 6.44. The second kappa shape index (κ2) is 13.6. The van der Waals surface area contributed by atoms with E-state index >= 15 is 0 Å². The van der Waals surface area contributed by atoms with Gasteiger partial charge in [-0.15, -0.1) is 0 Å². The molecule has 2 nitrogen and oxygen atoms in total. The number of halogens is 2. The summed E-state index contributed by atoms with van der Waals surface area (Å²) in [6, 6.07) is 74.2. The molecule has 0 N–H and O–H groups in total. The smallest absolute Gasteiger partial charge is 0.0541 e. The van der Waals surface area contributed by atoms with E-state index in [1.54, 1.807) is 0 Å². The number of hydrogen-bond donors (Lipinski definition) is 0. The van der Waals surface area contributed by atoms with Gasteiger partial charge < -0.3 is 9.80 Å². The molecule has 0 spiro atoms. The number of benzene rings is 13. The Bertz CT molecular complexity index is 3870. The van der Waals surface area contributed by atoms with Gasteiger partial charge in [0, 0.05) is 49.0 Å². The largest absolute Gasteiger partial charge is 0.310 e. The summed E-state index contributed by atoms with van der Waals surface area (Å²) in [5.41, 5.74) is 6.27. The molecule has 13 aromatic carbocycles. The first-order valence-electron chi connectivity index (χ1n) is 21.0. The molecule has 62 heavy (non-hydrogen) atoms. The zero-order chi connectivity index (χ0) is 41.1. The first kappa shape index (κ1) is 35.4. The van der Waals surface area contributed by atoms with Crippen molar-refractivity contribution in [2.45, 2.75) is 0 Å². The number of nitrogens with zero attached hydrogens (tertiary/aromatic N) is 2. The Labute approximate surface area is 367 Å². The maximum atomic E-state index is 7.61. The van der Waals surface area contributed by atoms with Crippen LogP contribution in [-0.2, 0) is 0 Å². The predicted molar refractivity (Wildman–Crippen MR) is 268 cm³/mol. The molecule has 13 rings (SSSR count). The fraction of sp³-hybridized carbons (Fsp3) is 0. The number of rotatable bonds is 6. The normalized spacial score (nSPS) is 12.0. The average molecular weight is 830 g/mol. The highest BCUT2D eigenvalue weighted by atomic mass is 35.5. The third-order valence-corrected chi connectivity index (χ3v) is 13.6. The van der Waals surface area contributed by atoms with Crippen LogP contribution in [0.3, 0.4) is 0 Å². The number of fused-ring (bicyclic) bond motifs is 3. The summed E-state index contributed by atoms with van der Waals surface area (Å²) in [7, 11) is 0. The van der Waals surface area contributed by atoms with Gasteiger partial charge in [0.05, 0.1) is 22.1 Å². The van der Waals surface area contributed by atoms with Crippen molar-refractivity contribution in [2.75, 3.05) is 9.80 Å². The summed E-state index contributed by atoms with van der Waals surface area (Å²) in [5, 5.41) is 20.1. The molecule has 0 radical (unpaired) electrons. The number of anilines is 6. The van der Waals surface area contributed by atoms with E-state index in [4.69, 9.17) is 23.2 Å². The summed E-state index contributed by atoms with van der Waals surface area (Å²) in [6.45, 7) is 0. The lowest BCUT2D eigenvalue weighted by Gasteiger charge is -2.30. The van der Waals surface area contributed by atoms with Crippen molar-refractivity contribution < 1.29 is 0 Å². The van der Waals surface area contributed by atoms with Crippen LogP contribution in [0, 0.1) is 0 Å². The Balaban J connectivity index is 1.04. The van der Waals surface area contributed by atoms with Gasteiger partial charge in [0.15, 0.2) is 0 Å². The molecular weight excluding hydrogens is 796 g/mol. The van der Waals surface area contributed by atoms with Crippen molar-refractivity contribution in [1.29, 1.82) is 0 Å². The van der Waals surface area contributed by atoms with Gasteiger partial charge in [0.25, 0.3) is 0 Å². The van der Waals surface area contributed by atoms with Crippen molar-refractivity contribution in [2.24, 2.45) is 0 Å². The highest BCUT2D eigenvalue weighted by Gasteiger charge is 2.24. The van der Waals surface area contributed by atoms with Crippen molar-refractivity contribution >= 4 is 144 Å². The Morgan fingerprint density at radius 2 is 0.645 bits per heavy atom. The van der Waals surface area contributed by atoms with Gasteiger partial charge in [0.1, 0.15) is 0 Å². The molecule has 0 aliphatic rings. The van der Waals surface area contributed by atoms with Gasteiger partial charge in [-0.1, -0.05) is 169 Å². The SMILES string of the molecule is Clc1cc(N(c2ccccc2)c2ccc3ccc4cccc5ccc2c3c45)cc2ccc3c(N(c4ccccc4)c4ccc5ccc6cccc7ccc4c5c67)ccc(Cl)c3c12. The van der Waals surface area contributed by atoms with Crippen molar-refractivity contribution in [3.05, 3.63) is 216 Å². The minimum Gasteiger partial charge on any atom is -0.310 e. The van der Waals surface area contributed by atoms with Crippen molar-refractivity contribution in [3.63, 3.8) is 0 Å². The molecule has 0 aliphatic carbocycles. The molecule has 0 saturated heterocycles. The topological polar surface area (TPSA) is 6.48 Å². The van der Waals surface area contributed by atoms with Crippen LogP contribution >= 0.6 is 23.2 Å². The van der Waals surface area contributed by atoms with Crippen LogP contribution in [0.2, 0.25) is 10.0 Å². The first-order chi connectivity index (χ1) is 30.6. The van der Waals surface area contributed by atoms with Crippen LogP contribution in [0.5, 0.6) is 0 Å². The second-order valence-corrected chi connectivity index (χ2v) is 17.1. The van der Waals surface area contributed by atoms with Gasteiger partial charge >= 0.3 is 0 Å². The first-order valence-corrected chi connectivity index (χ1v) is 21.7. The van der Waals surface area contributed by atoms with Gasteiger partial charge in [-0.05, 0) is 120 Å². The monoisotopic (exact) mass is 828 g/mol. The fourth-order valence-electron chi connectivity index (χ4n) is 10.3. The molecule has 0 aliphatic heterocycles. The molecule has 0 fully saturated rings. The van der Waals surface area contributed by atoms with E-state index in [-0.39, 0.29) is 0 Å². The molecule has 4 heteroatoms. The molecule has 0 bridgehead atoms. The minimum absolute atomic E-state index is 0.634. The molecule has 0 aromatic heterocycles. The Kier molecular flexibility index (Phi) is 7.75. The van der Waals surface area contributed by atoms with Crippen LogP contribution in [0.25, 0.3) is 86.2 Å². The second-order valence-electron chi connectivity index (χ2n) is 16.3. The van der Waals surface area contributed by atoms with E-state index < -0.39 is 0 Å². The van der Waals surface area contributed by atoms with Crippen molar-refractivity contribution in [1.82, 2.24) is 0 Å². The molecule has 13 aromatic rings. The van der Waals surface area contributed by atoms with Crippen LogP contribution < -0.4 is 9.80 Å². The van der Waals surface area contributed by atoms with Crippen LogP contribution in [0.4, 0.5) is 34.1 Å². The quantitative estimate of drug-likeness (QED) is 0.154. The number of hydrogen-bond acceptors (Lipinski definition) is 2. The molecular formula is C58H34Cl2N2. The molecule has 0 heterocycles. The fourth-order valence-corrected chi connectivity index (χ4v) is 10.9. The van der Waals surface area contributed by atoms with E-state index in [0.29, 0.717) is 10.0 Å². The van der Waals surface area contributed by atoms with Crippen LogP contribution in [0.15, 0.2) is 206 Å². The van der Waals surface area contributed by atoms with Gasteiger partial charge in [0.2, 0.25) is 0 Å². The van der Waals surface area contributed by atoms with Gasteiger partial charge in [-0.2, -0.15) is 0 Å². The zero-order valence-electron chi connectivity index (χ0n) is 33.3. The lowest BCUT2D eigenvalue weighted by Crippen LogP contribution is -2.11. The maximum absolute atomic E-state index is 7.61. The molecule has 0 amide bonds. The Morgan fingerprint density at radius 1 is 0.242 bits per heavy atom. The summed E-state index contributed by atoms with van der Waals surface area (Å²) >= 11 is 14.9. The lowest BCUT2D eigenvalue weighted by atomic mass is 9.92. The van der Waals surface area contributed by atoms with Gasteiger partial charge in [-0.25, -0.2) is 0 Å². The van der Waals surface area contributed by atoms with E-state index in [2.05, 4.69) is 210 Å². The van der Waals surface area contributed by atoms with E-state index in [9.17, 15) is 0 Å². The number of para-hydroxylation sites is 2. The summed E-state index contributed by atoms with van der Waals surface area (Å²) in [6.07, 6.45) is 0. The summed E-state index contributed by atoms with van der Waals surface area (Å²) < 4.78 is 0. The average Bonchev–Trinajstić information content (AvgIpc) is 3.32. The summed E-state index contributed by atoms with van der Waals surface area (Å²) in [5.74, 6) is 0. The zero-order valence-corrected chi connectivity index (χ0v) is 34.8. The Hall–Kier alpha value is -7.36. The summed E-state index contributed by atoms with van der Waals surface area (Å²) in [4.78, 5) is 4.72. The van der Waals surface area contributed by atoms with E-state index in [0.717, 1.165) is 55.7 Å². The highest BCUT2D eigenvalue weighted by Crippen LogP contribution is 2.50. The van der Waals surface area contributed by atoms with Crippen LogP contribution in [0.1, 0.15) is 0 Å².